The number of nitrogens with zero attached hydrogens (tertiary/aromatic N) is 3. The predicted molar refractivity (Wildman–Crippen MR) is 79.9 cm³/mol. The molecule has 0 aliphatic heterocycles. The molecule has 0 amide bonds. The molecule has 0 radical (unpaired) electrons. The summed E-state index contributed by atoms with van der Waals surface area (Å²) in [6.07, 6.45) is 4.70. The summed E-state index contributed by atoms with van der Waals surface area (Å²) in [6, 6.07) is 9.30. The lowest BCUT2D eigenvalue weighted by Gasteiger charge is -2.09. The molecule has 0 unspecified atom stereocenters. The molecule has 108 valence electrons. The standard InChI is InChI=1S/C16H18N4O/c1-11-18-15(21-19-11)10-20-8-7-12-3-2-4-13(16(12)20)9-17-14-5-6-14/h2-4,7-8,14,17H,5-6,9-10H2,1H3. The molecule has 0 bridgehead atoms. The molecule has 1 fully saturated rings. The molecule has 1 saturated carbocycles. The number of benzene rings is 1. The van der Waals surface area contributed by atoms with Crippen LogP contribution in [0.3, 0.4) is 0 Å². The number of rotatable bonds is 5. The third kappa shape index (κ3) is 2.56. The molecule has 2 heterocycles. The van der Waals surface area contributed by atoms with Gasteiger partial charge >= 0.3 is 0 Å². The van der Waals surface area contributed by atoms with E-state index in [1.807, 2.05) is 6.92 Å². The second kappa shape index (κ2) is 5.00. The van der Waals surface area contributed by atoms with Crippen LogP contribution in [0.1, 0.15) is 30.1 Å². The molecule has 0 saturated heterocycles. The minimum absolute atomic E-state index is 0.616. The number of hydrogen-bond donors (Lipinski definition) is 1. The summed E-state index contributed by atoms with van der Waals surface area (Å²) in [4.78, 5) is 4.29. The zero-order valence-electron chi connectivity index (χ0n) is 12.0. The van der Waals surface area contributed by atoms with Crippen molar-refractivity contribution < 1.29 is 4.52 Å². The summed E-state index contributed by atoms with van der Waals surface area (Å²) < 4.78 is 7.42. The lowest BCUT2D eigenvalue weighted by Crippen LogP contribution is -2.16. The van der Waals surface area contributed by atoms with Gasteiger partial charge in [0.1, 0.15) is 6.54 Å². The Balaban J connectivity index is 1.67. The van der Waals surface area contributed by atoms with Gasteiger partial charge in [-0.2, -0.15) is 4.98 Å². The maximum atomic E-state index is 5.24. The van der Waals surface area contributed by atoms with Gasteiger partial charge in [-0.1, -0.05) is 23.4 Å². The highest BCUT2D eigenvalue weighted by atomic mass is 16.5. The van der Waals surface area contributed by atoms with Crippen molar-refractivity contribution in [2.75, 3.05) is 0 Å². The first-order valence-electron chi connectivity index (χ1n) is 7.39. The number of aryl methyl sites for hydroxylation is 1. The Morgan fingerprint density at radius 1 is 1.33 bits per heavy atom. The number of aromatic nitrogens is 3. The monoisotopic (exact) mass is 282 g/mol. The van der Waals surface area contributed by atoms with Gasteiger partial charge in [0.15, 0.2) is 5.82 Å². The number of nitrogens with one attached hydrogen (secondary N) is 1. The Kier molecular flexibility index (Phi) is 3.00. The highest BCUT2D eigenvalue weighted by Crippen LogP contribution is 2.24. The van der Waals surface area contributed by atoms with Crippen LogP contribution in [0.5, 0.6) is 0 Å². The van der Waals surface area contributed by atoms with Crippen molar-refractivity contribution in [3.05, 3.63) is 47.7 Å². The molecule has 1 aliphatic carbocycles. The second-order valence-electron chi connectivity index (χ2n) is 5.69. The van der Waals surface area contributed by atoms with E-state index in [1.165, 1.54) is 29.3 Å². The molecule has 4 rings (SSSR count). The second-order valence-corrected chi connectivity index (χ2v) is 5.69. The van der Waals surface area contributed by atoms with Crippen molar-refractivity contribution in [2.45, 2.75) is 38.9 Å². The largest absolute Gasteiger partial charge is 0.338 e. The van der Waals surface area contributed by atoms with Gasteiger partial charge in [-0.05, 0) is 36.8 Å². The molecule has 5 heteroatoms. The summed E-state index contributed by atoms with van der Waals surface area (Å²) in [6.45, 7) is 3.37. The maximum Gasteiger partial charge on any atom is 0.246 e. The van der Waals surface area contributed by atoms with Crippen LogP contribution in [0.2, 0.25) is 0 Å². The average molecular weight is 282 g/mol. The first kappa shape index (κ1) is 12.6. The fourth-order valence-corrected chi connectivity index (χ4v) is 2.71. The Morgan fingerprint density at radius 2 is 2.24 bits per heavy atom. The van der Waals surface area contributed by atoms with E-state index in [-0.39, 0.29) is 0 Å². The normalized spacial score (nSPS) is 14.9. The minimum atomic E-state index is 0.616. The van der Waals surface area contributed by atoms with E-state index < -0.39 is 0 Å². The molecule has 1 N–H and O–H groups in total. The van der Waals surface area contributed by atoms with Gasteiger partial charge in [0.25, 0.3) is 0 Å². The van der Waals surface area contributed by atoms with Gasteiger partial charge in [-0.15, -0.1) is 0 Å². The van der Waals surface area contributed by atoms with Crippen molar-refractivity contribution >= 4 is 10.9 Å². The van der Waals surface area contributed by atoms with E-state index >= 15 is 0 Å². The lowest BCUT2D eigenvalue weighted by atomic mass is 10.1. The van der Waals surface area contributed by atoms with E-state index in [0.29, 0.717) is 24.3 Å². The zero-order valence-corrected chi connectivity index (χ0v) is 12.0. The van der Waals surface area contributed by atoms with Gasteiger partial charge in [-0.3, -0.25) is 0 Å². The third-order valence-corrected chi connectivity index (χ3v) is 3.91. The van der Waals surface area contributed by atoms with Crippen LogP contribution in [0, 0.1) is 6.92 Å². The number of hydrogen-bond acceptors (Lipinski definition) is 4. The van der Waals surface area contributed by atoms with Crippen LogP contribution >= 0.6 is 0 Å². The molecule has 1 aliphatic rings. The van der Waals surface area contributed by atoms with Crippen molar-refractivity contribution in [1.82, 2.24) is 20.0 Å². The van der Waals surface area contributed by atoms with Crippen LogP contribution in [-0.4, -0.2) is 20.7 Å². The molecule has 3 aromatic rings. The number of fused-ring (bicyclic) bond motifs is 1. The highest BCUT2D eigenvalue weighted by Gasteiger charge is 2.20. The highest BCUT2D eigenvalue weighted by molar-refractivity contribution is 5.83. The van der Waals surface area contributed by atoms with Gasteiger partial charge in [0, 0.05) is 18.8 Å². The molecular weight excluding hydrogens is 264 g/mol. The zero-order chi connectivity index (χ0) is 14.2. The summed E-state index contributed by atoms with van der Waals surface area (Å²) in [5, 5.41) is 8.69. The molecule has 2 aromatic heterocycles. The molecule has 0 spiro atoms. The van der Waals surface area contributed by atoms with Gasteiger partial charge < -0.3 is 14.4 Å². The fraction of sp³-hybridized carbons (Fsp3) is 0.375. The number of para-hydroxylation sites is 1. The van der Waals surface area contributed by atoms with Crippen LogP contribution in [0.15, 0.2) is 35.0 Å². The van der Waals surface area contributed by atoms with E-state index in [4.69, 9.17) is 4.52 Å². The van der Waals surface area contributed by atoms with Crippen molar-refractivity contribution in [2.24, 2.45) is 0 Å². The third-order valence-electron chi connectivity index (χ3n) is 3.91. The topological polar surface area (TPSA) is 55.9 Å². The molecule has 21 heavy (non-hydrogen) atoms. The van der Waals surface area contributed by atoms with Crippen LogP contribution in [-0.2, 0) is 13.1 Å². The van der Waals surface area contributed by atoms with Gasteiger partial charge in [0.05, 0.1) is 5.52 Å². The predicted octanol–water partition coefficient (Wildman–Crippen LogP) is 2.63. The summed E-state index contributed by atoms with van der Waals surface area (Å²) in [5.74, 6) is 1.33. The summed E-state index contributed by atoms with van der Waals surface area (Å²) in [7, 11) is 0. The first-order chi connectivity index (χ1) is 10.3. The Bertz CT molecular complexity index is 770. The van der Waals surface area contributed by atoms with Crippen LogP contribution < -0.4 is 5.32 Å². The van der Waals surface area contributed by atoms with E-state index in [9.17, 15) is 0 Å². The average Bonchev–Trinajstić information content (AvgIpc) is 3.10. The summed E-state index contributed by atoms with van der Waals surface area (Å²) in [5.41, 5.74) is 2.57. The van der Waals surface area contributed by atoms with Crippen molar-refractivity contribution in [1.29, 1.82) is 0 Å². The van der Waals surface area contributed by atoms with Gasteiger partial charge in [0.2, 0.25) is 5.89 Å². The van der Waals surface area contributed by atoms with Crippen LogP contribution in [0.4, 0.5) is 0 Å². The lowest BCUT2D eigenvalue weighted by molar-refractivity contribution is 0.369. The molecule has 5 nitrogen and oxygen atoms in total. The van der Waals surface area contributed by atoms with E-state index in [0.717, 1.165) is 6.54 Å². The quantitative estimate of drug-likeness (QED) is 0.781. The van der Waals surface area contributed by atoms with Crippen molar-refractivity contribution in [3.8, 4) is 0 Å². The Morgan fingerprint density at radius 3 is 3.00 bits per heavy atom. The minimum Gasteiger partial charge on any atom is -0.338 e. The smallest absolute Gasteiger partial charge is 0.246 e. The van der Waals surface area contributed by atoms with Crippen molar-refractivity contribution in [3.63, 3.8) is 0 Å². The first-order valence-corrected chi connectivity index (χ1v) is 7.39. The van der Waals surface area contributed by atoms with E-state index in [2.05, 4.69) is 50.5 Å². The molecule has 0 atom stereocenters. The molecular formula is C16H18N4O. The SMILES string of the molecule is Cc1noc(Cn2ccc3cccc(CNC4CC4)c32)n1. The Hall–Kier alpha value is -2.14. The van der Waals surface area contributed by atoms with Gasteiger partial charge in [-0.25, -0.2) is 0 Å². The summed E-state index contributed by atoms with van der Waals surface area (Å²) >= 11 is 0. The fourth-order valence-electron chi connectivity index (χ4n) is 2.71. The molecule has 1 aromatic carbocycles. The maximum absolute atomic E-state index is 5.24. The van der Waals surface area contributed by atoms with E-state index in [1.54, 1.807) is 0 Å². The van der Waals surface area contributed by atoms with Crippen LogP contribution in [0.25, 0.3) is 10.9 Å². The Labute approximate surface area is 123 Å².